The Kier molecular flexibility index (Phi) is 12.6. The first-order chi connectivity index (χ1) is 11.5. The quantitative estimate of drug-likeness (QED) is 0.147. The van der Waals surface area contributed by atoms with Crippen molar-refractivity contribution < 1.29 is 40.4 Å². The predicted octanol–water partition coefficient (Wildman–Crippen LogP) is -6.31. The van der Waals surface area contributed by atoms with Crippen molar-refractivity contribution in [2.45, 2.75) is 39.3 Å². The van der Waals surface area contributed by atoms with Crippen LogP contribution >= 0.6 is 0 Å². The standard InChI is InChI=1S/C6H34O9Si10/c1-20(2)14-23(5,6)15-24(12-16-7,22(11)21(3)4)25(18-9,19-10)13-17-8/h7-11,20-22H,16-19H2,1-6H3. The van der Waals surface area contributed by atoms with Crippen LogP contribution in [0, 0.1) is 0 Å². The van der Waals surface area contributed by atoms with Gasteiger partial charge in [0.05, 0.1) is 8.31 Å². The van der Waals surface area contributed by atoms with Crippen LogP contribution in [0.1, 0.15) is 0 Å². The SMILES string of the molecule is C[SiH](C)O[Si](C)(C)O[Si](O[SiH2]O)([SiH](O)[SiH](C)C)[Si](O[SiH2]O)([SiH2]O)[SiH2]O. The third kappa shape index (κ3) is 6.97. The van der Waals surface area contributed by atoms with Gasteiger partial charge in [-0.2, -0.15) is 0 Å². The minimum Gasteiger partial charge on any atom is -0.440 e. The van der Waals surface area contributed by atoms with Crippen LogP contribution in [0.15, 0.2) is 0 Å². The molecule has 152 valence electrons. The summed E-state index contributed by atoms with van der Waals surface area (Å²) in [5.41, 5.74) is 0. The van der Waals surface area contributed by atoms with E-state index in [-0.39, 0.29) is 0 Å². The van der Waals surface area contributed by atoms with Crippen LogP contribution in [0.4, 0.5) is 0 Å². The summed E-state index contributed by atoms with van der Waals surface area (Å²) in [6.45, 7) is 8.54. The molecule has 0 saturated carbocycles. The van der Waals surface area contributed by atoms with Gasteiger partial charge < -0.3 is 40.4 Å². The van der Waals surface area contributed by atoms with Crippen molar-refractivity contribution in [2.75, 3.05) is 0 Å². The van der Waals surface area contributed by atoms with E-state index in [1.807, 2.05) is 39.3 Å². The molecule has 25 heavy (non-hydrogen) atoms. The number of rotatable bonds is 13. The highest BCUT2D eigenvalue weighted by Gasteiger charge is 2.68. The van der Waals surface area contributed by atoms with Gasteiger partial charge in [0.15, 0.2) is 27.6 Å². The van der Waals surface area contributed by atoms with Gasteiger partial charge in [0.25, 0.3) is 26.9 Å². The molecule has 0 saturated heterocycles. The van der Waals surface area contributed by atoms with E-state index in [0.717, 1.165) is 0 Å². The van der Waals surface area contributed by atoms with Gasteiger partial charge in [0.2, 0.25) is 8.08 Å². The summed E-state index contributed by atoms with van der Waals surface area (Å²) in [5.74, 6) is 0. The van der Waals surface area contributed by atoms with Crippen LogP contribution in [-0.4, -0.2) is 111 Å². The van der Waals surface area contributed by atoms with Gasteiger partial charge in [0.1, 0.15) is 0 Å². The zero-order valence-corrected chi connectivity index (χ0v) is 28.1. The van der Waals surface area contributed by atoms with Gasteiger partial charge in [0, 0.05) is 0 Å². The Morgan fingerprint density at radius 2 is 1.32 bits per heavy atom. The molecule has 0 spiro atoms. The Morgan fingerprint density at radius 3 is 1.64 bits per heavy atom. The highest BCUT2D eigenvalue weighted by Crippen LogP contribution is 2.28. The molecule has 0 aromatic rings. The molecule has 2 atom stereocenters. The van der Waals surface area contributed by atoms with E-state index in [1.165, 1.54) is 0 Å². The highest BCUT2D eigenvalue weighted by atomic mass is 30.1. The lowest BCUT2D eigenvalue weighted by Crippen LogP contribution is -2.86. The topological polar surface area (TPSA) is 138 Å². The second-order valence-electron chi connectivity index (χ2n) is 6.88. The normalized spacial score (nSPS) is 21.0. The molecule has 0 bridgehead atoms. The zero-order valence-electron chi connectivity index (χ0n) is 15.9. The van der Waals surface area contributed by atoms with Crippen LogP contribution in [0.3, 0.4) is 0 Å². The first-order valence-corrected chi connectivity index (χ1v) is 34.2. The molecule has 19 heteroatoms. The summed E-state index contributed by atoms with van der Waals surface area (Å²) in [7, 11) is -19.5. The Hall–Kier alpha value is 1.81. The first-order valence-electron chi connectivity index (χ1n) is 8.25. The number of hydrogen-bond donors (Lipinski definition) is 5. The summed E-state index contributed by atoms with van der Waals surface area (Å²) in [5, 5.41) is 0. The smallest absolute Gasteiger partial charge is 0.333 e. The maximum Gasteiger partial charge on any atom is 0.333 e. The molecule has 0 aliphatic carbocycles. The molecule has 0 aromatic carbocycles. The lowest BCUT2D eigenvalue weighted by atomic mass is 11.9. The lowest BCUT2D eigenvalue weighted by molar-refractivity contribution is 0.331. The van der Waals surface area contributed by atoms with Gasteiger partial charge in [-0.3, -0.25) is 0 Å². The second kappa shape index (κ2) is 11.7. The van der Waals surface area contributed by atoms with E-state index in [4.69, 9.17) is 16.5 Å². The molecule has 0 fully saturated rings. The fourth-order valence-corrected chi connectivity index (χ4v) is 124. The highest BCUT2D eigenvalue weighted by molar-refractivity contribution is 7.87. The van der Waals surface area contributed by atoms with E-state index in [1.54, 1.807) is 0 Å². The molecule has 5 N–H and O–H groups in total. The molecule has 0 aliphatic heterocycles. The van der Waals surface area contributed by atoms with Crippen LogP contribution < -0.4 is 0 Å². The first kappa shape index (κ1) is 26.8. The van der Waals surface area contributed by atoms with Crippen LogP contribution in [0.2, 0.25) is 39.3 Å². The third-order valence-corrected chi connectivity index (χ3v) is 86.5. The van der Waals surface area contributed by atoms with Crippen molar-refractivity contribution in [1.82, 2.24) is 0 Å². The Bertz CT molecular complexity index is 384. The Balaban J connectivity index is 6.31. The fraction of sp³-hybridized carbons (Fsp3) is 1.00. The maximum absolute atomic E-state index is 11.2. The molecule has 0 rings (SSSR count). The molecule has 2 unspecified atom stereocenters. The molecule has 0 amide bonds. The summed E-state index contributed by atoms with van der Waals surface area (Å²) in [6, 6.07) is 0. The van der Waals surface area contributed by atoms with E-state index >= 15 is 0 Å². The summed E-state index contributed by atoms with van der Waals surface area (Å²) in [4.78, 5) is 50.9. The molecular weight excluding hydrogens is 497 g/mol. The van der Waals surface area contributed by atoms with Gasteiger partial charge in [-0.25, -0.2) is 0 Å². The van der Waals surface area contributed by atoms with Gasteiger partial charge in [-0.15, -0.1) is 0 Å². The Labute approximate surface area is 166 Å². The molecule has 9 nitrogen and oxygen atoms in total. The Morgan fingerprint density at radius 1 is 0.840 bits per heavy atom. The van der Waals surface area contributed by atoms with Gasteiger partial charge in [-0.05, 0) is 26.2 Å². The van der Waals surface area contributed by atoms with E-state index in [0.29, 0.717) is 0 Å². The molecule has 0 aliphatic rings. The van der Waals surface area contributed by atoms with Gasteiger partial charge in [-0.1, -0.05) is 13.1 Å². The number of hydrogen-bond acceptors (Lipinski definition) is 9. The average Bonchev–Trinajstić information content (AvgIpc) is 2.49. The van der Waals surface area contributed by atoms with Crippen molar-refractivity contribution >= 4 is 87.0 Å². The van der Waals surface area contributed by atoms with Crippen molar-refractivity contribution in [2.24, 2.45) is 0 Å². The molecule has 0 heterocycles. The van der Waals surface area contributed by atoms with Gasteiger partial charge >= 0.3 is 16.2 Å². The van der Waals surface area contributed by atoms with Crippen LogP contribution in [0.5, 0.6) is 0 Å². The summed E-state index contributed by atoms with van der Waals surface area (Å²) in [6.07, 6.45) is 0. The van der Waals surface area contributed by atoms with E-state index in [2.05, 4.69) is 0 Å². The maximum atomic E-state index is 11.2. The van der Waals surface area contributed by atoms with Crippen molar-refractivity contribution in [3.8, 4) is 0 Å². The van der Waals surface area contributed by atoms with Crippen molar-refractivity contribution in [3.05, 3.63) is 0 Å². The molecule has 0 aromatic heterocycles. The molecular formula is C6H34O9Si10. The minimum absolute atomic E-state index is 1.42. The van der Waals surface area contributed by atoms with Crippen LogP contribution in [-0.2, 0) is 16.5 Å². The lowest BCUT2D eigenvalue weighted by Gasteiger charge is -2.49. The zero-order chi connectivity index (χ0) is 19.9. The summed E-state index contributed by atoms with van der Waals surface area (Å²) < 4.78 is 24.2. The van der Waals surface area contributed by atoms with E-state index in [9.17, 15) is 24.0 Å². The minimum atomic E-state index is -3.52. The van der Waals surface area contributed by atoms with Crippen LogP contribution in [0.25, 0.3) is 0 Å². The van der Waals surface area contributed by atoms with Crippen molar-refractivity contribution in [1.29, 1.82) is 0 Å². The fourth-order valence-electron chi connectivity index (χ4n) is 2.75. The monoisotopic (exact) mass is 530 g/mol. The van der Waals surface area contributed by atoms with Crippen molar-refractivity contribution in [3.63, 3.8) is 0 Å². The summed E-state index contributed by atoms with van der Waals surface area (Å²) >= 11 is 0. The molecule has 0 radical (unpaired) electrons. The van der Waals surface area contributed by atoms with E-state index < -0.39 is 87.0 Å². The second-order valence-corrected chi connectivity index (χ2v) is 58.2. The third-order valence-electron chi connectivity index (χ3n) is 3.70. The largest absolute Gasteiger partial charge is 0.440 e. The average molecular weight is 531 g/mol. The predicted molar refractivity (Wildman–Crippen MR) is 124 cm³/mol.